The molecule has 0 aliphatic carbocycles. The normalized spacial score (nSPS) is 14.3. The summed E-state index contributed by atoms with van der Waals surface area (Å²) in [6, 6.07) is 49.1. The van der Waals surface area contributed by atoms with Gasteiger partial charge in [0.05, 0.1) is 23.6 Å². The number of hydrogen-bond acceptors (Lipinski definition) is 2. The average molecular weight is 1310 g/mol. The zero-order valence-electron chi connectivity index (χ0n) is 60.7. The molecule has 8 aromatic carbocycles. The summed E-state index contributed by atoms with van der Waals surface area (Å²) in [6.07, 6.45) is 5.27. The van der Waals surface area contributed by atoms with Crippen LogP contribution in [0.3, 0.4) is 0 Å². The average Bonchev–Trinajstić information content (AvgIpc) is 1.69. The summed E-state index contributed by atoms with van der Waals surface area (Å²) >= 11 is 0. The van der Waals surface area contributed by atoms with Crippen molar-refractivity contribution >= 4 is 32.8 Å². The number of aromatic nitrogens is 4. The zero-order valence-corrected chi connectivity index (χ0v) is 55.0. The predicted octanol–water partition coefficient (Wildman–Crippen LogP) is 20.7. The van der Waals surface area contributed by atoms with Crippen LogP contribution in [-0.4, -0.2) is 14.1 Å². The van der Waals surface area contributed by atoms with Crippen molar-refractivity contribution in [2.24, 2.45) is 0 Å². The first kappa shape index (κ1) is 50.9. The van der Waals surface area contributed by atoms with Gasteiger partial charge in [-0.15, -0.1) is 29.7 Å². The Morgan fingerprint density at radius 3 is 1.68 bits per heavy atom. The van der Waals surface area contributed by atoms with Crippen LogP contribution < -0.4 is 9.30 Å². The Bertz CT molecular complexity index is 4680. The second kappa shape index (κ2) is 21.9. The van der Waals surface area contributed by atoms with Crippen LogP contribution in [0.5, 0.6) is 11.5 Å². The van der Waals surface area contributed by atoms with Crippen LogP contribution >= 0.6 is 0 Å². The van der Waals surface area contributed by atoms with Crippen molar-refractivity contribution in [1.82, 2.24) is 14.1 Å². The molecule has 3 heterocycles. The first-order chi connectivity index (χ1) is 42.6. The van der Waals surface area contributed by atoms with Gasteiger partial charge in [-0.2, -0.15) is 18.2 Å². The van der Waals surface area contributed by atoms with Gasteiger partial charge >= 0.3 is 0 Å². The molecule has 0 unspecified atom stereocenters. The molecule has 11 aromatic rings. The van der Waals surface area contributed by atoms with Crippen LogP contribution in [-0.2, 0) is 53.6 Å². The second-order valence-corrected chi connectivity index (χ2v) is 29.0. The number of ether oxygens (including phenoxy) is 1. The van der Waals surface area contributed by atoms with Gasteiger partial charge in [-0.05, 0) is 135 Å². The van der Waals surface area contributed by atoms with E-state index in [1.807, 2.05) is 59.2 Å². The molecule has 0 amide bonds. The second-order valence-electron chi connectivity index (χ2n) is 29.0. The molecular formula is C79H84N4OPt-2. The molecule has 0 aliphatic heterocycles. The van der Waals surface area contributed by atoms with Crippen LogP contribution in [0.25, 0.3) is 83.4 Å². The number of nitrogens with zero attached hydrogens (tertiary/aromatic N) is 4. The molecular weight excluding hydrogens is 1220 g/mol. The summed E-state index contributed by atoms with van der Waals surface area (Å²) in [7, 11) is 0. The van der Waals surface area contributed by atoms with E-state index in [0.29, 0.717) is 28.2 Å². The number of pyridine rings is 1. The fourth-order valence-corrected chi connectivity index (χ4v) is 11.1. The third-order valence-corrected chi connectivity index (χ3v) is 16.3. The summed E-state index contributed by atoms with van der Waals surface area (Å²) < 4.78 is 81.6. The third-order valence-electron chi connectivity index (χ3n) is 16.3. The molecule has 85 heavy (non-hydrogen) atoms. The minimum absolute atomic E-state index is 0. The molecule has 11 rings (SSSR count). The standard InChI is InChI=1S/C79H84N4O.Pt/c1-50-36-72(80-48-66(50)51-26-21-20-22-27-51)83-68-31-24-23-30-63(68)64-34-33-62(47-70(64)83)84-61-29-25-28-60(46-61)81-49-82(69-35-32-52(41-71(69)81)53-37-55(74(2,3)4)42-56(38-53)75(5,6)7)73-65(44-59(78(14,15)16)45-67(73)79(17,18)19)54-39-57(76(8,9)10)43-58(40-54)77(11,12)13;/h20-45,48H,1-19H3;/q-2;/i1D3,20D,21D,22D,26D,27D;. The monoisotopic (exact) mass is 1310 g/mol. The number of aryl methyl sites for hydroxylation is 1. The van der Waals surface area contributed by atoms with E-state index >= 15 is 0 Å². The van der Waals surface area contributed by atoms with E-state index < -0.39 is 37.1 Å². The fourth-order valence-electron chi connectivity index (χ4n) is 11.1. The fraction of sp³-hybridized carbons (Fsp3) is 0.316. The van der Waals surface area contributed by atoms with Crippen LogP contribution in [0.4, 0.5) is 0 Å². The van der Waals surface area contributed by atoms with E-state index in [1.54, 1.807) is 0 Å². The maximum atomic E-state index is 8.74. The van der Waals surface area contributed by atoms with Crippen molar-refractivity contribution in [3.05, 3.63) is 221 Å². The Morgan fingerprint density at radius 1 is 0.494 bits per heavy atom. The van der Waals surface area contributed by atoms with Crippen molar-refractivity contribution in [1.29, 1.82) is 0 Å². The number of benzene rings is 8. The van der Waals surface area contributed by atoms with Crippen LogP contribution in [0.2, 0.25) is 0 Å². The Kier molecular flexibility index (Phi) is 13.1. The summed E-state index contributed by atoms with van der Waals surface area (Å²) in [5.74, 6) is 1.00. The number of fused-ring (bicyclic) bond motifs is 4. The molecule has 0 saturated heterocycles. The van der Waals surface area contributed by atoms with E-state index in [9.17, 15) is 0 Å². The molecule has 0 N–H and O–H groups in total. The van der Waals surface area contributed by atoms with E-state index in [2.05, 4.69) is 219 Å². The molecule has 6 heteroatoms. The van der Waals surface area contributed by atoms with Gasteiger partial charge in [0, 0.05) is 54.0 Å². The van der Waals surface area contributed by atoms with E-state index in [-0.39, 0.29) is 76.1 Å². The van der Waals surface area contributed by atoms with Gasteiger partial charge in [-0.1, -0.05) is 239 Å². The van der Waals surface area contributed by atoms with Crippen molar-refractivity contribution in [2.75, 3.05) is 0 Å². The predicted molar refractivity (Wildman–Crippen MR) is 353 cm³/mol. The molecule has 5 nitrogen and oxygen atoms in total. The van der Waals surface area contributed by atoms with Crippen LogP contribution in [0.1, 0.15) is 175 Å². The van der Waals surface area contributed by atoms with Crippen molar-refractivity contribution in [3.63, 3.8) is 0 Å². The quantitative estimate of drug-likeness (QED) is 0.112. The third kappa shape index (κ3) is 12.0. The number of para-hydroxylation sites is 1. The van der Waals surface area contributed by atoms with E-state index in [1.165, 1.54) is 45.6 Å². The van der Waals surface area contributed by atoms with Gasteiger partial charge in [0.15, 0.2) is 0 Å². The SMILES string of the molecule is [2H]c1c([2H])c([2H])c(-c2cnc(-n3c4[c-]c(Oc5[c-]c(-n6[c-][n+](-c7c(-c8cc(C(C)(C)C)cc(C(C)(C)C)c8)cc(C(C)(C)C)cc7C(C)(C)C)c7ccc(-c8cc(C(C)(C)C)cc(C(C)(C)C)c8)cc76)ccc5)ccc4c4ccccc43)cc2C([2H])([2H])[2H])c([2H])c1[2H].[Pt]. The summed E-state index contributed by atoms with van der Waals surface area (Å²) in [4.78, 5) is 4.78. The number of rotatable bonds is 8. The Labute approximate surface area is 532 Å². The molecule has 0 radical (unpaired) electrons. The van der Waals surface area contributed by atoms with Crippen molar-refractivity contribution in [3.8, 4) is 62.1 Å². The van der Waals surface area contributed by atoms with E-state index in [4.69, 9.17) is 20.7 Å². The molecule has 0 bridgehead atoms. The van der Waals surface area contributed by atoms with Gasteiger partial charge in [0.25, 0.3) is 6.33 Å². The van der Waals surface area contributed by atoms with Crippen LogP contribution in [0.15, 0.2) is 164 Å². The van der Waals surface area contributed by atoms with Crippen molar-refractivity contribution < 1.29 is 41.3 Å². The number of imidazole rings is 1. The Balaban J connectivity index is 0.00000946. The summed E-state index contributed by atoms with van der Waals surface area (Å²) in [5.41, 5.74) is 15.3. The maximum absolute atomic E-state index is 8.74. The summed E-state index contributed by atoms with van der Waals surface area (Å²) in [6.45, 7) is 38.4. The molecule has 0 aliphatic rings. The molecule has 0 saturated carbocycles. The zero-order chi connectivity index (χ0) is 67.1. The Morgan fingerprint density at radius 2 is 1.08 bits per heavy atom. The first-order valence-electron chi connectivity index (χ1n) is 33.4. The molecule has 0 spiro atoms. The molecule has 0 fully saturated rings. The summed E-state index contributed by atoms with van der Waals surface area (Å²) in [5, 5.41) is 1.66. The smallest absolute Gasteiger partial charge is 0.268 e. The minimum atomic E-state index is -2.77. The van der Waals surface area contributed by atoms with Crippen molar-refractivity contribution in [2.45, 2.75) is 164 Å². The largest absolute Gasteiger partial charge is 0.510 e. The minimum Gasteiger partial charge on any atom is -0.510 e. The van der Waals surface area contributed by atoms with Gasteiger partial charge in [0.2, 0.25) is 0 Å². The molecule has 3 aromatic heterocycles. The van der Waals surface area contributed by atoms with Gasteiger partial charge in [0.1, 0.15) is 5.82 Å². The Hall–Kier alpha value is -7.33. The number of hydrogen-bond donors (Lipinski definition) is 0. The van der Waals surface area contributed by atoms with Gasteiger partial charge in [-0.3, -0.25) is 4.57 Å². The topological polar surface area (TPSA) is 35.9 Å². The van der Waals surface area contributed by atoms with Gasteiger partial charge < -0.3 is 13.9 Å². The molecule has 438 valence electrons. The molecule has 0 atom stereocenters. The maximum Gasteiger partial charge on any atom is 0.268 e. The first-order valence-corrected chi connectivity index (χ1v) is 29.4. The van der Waals surface area contributed by atoms with Crippen LogP contribution in [0, 0.1) is 25.3 Å². The van der Waals surface area contributed by atoms with E-state index in [0.717, 1.165) is 49.7 Å². The van der Waals surface area contributed by atoms with Gasteiger partial charge in [-0.25, -0.2) is 4.98 Å².